The third kappa shape index (κ3) is 8.67. The van der Waals surface area contributed by atoms with Gasteiger partial charge in [0.05, 0.1) is 16.9 Å². The molecule has 2 saturated heterocycles. The lowest BCUT2D eigenvalue weighted by molar-refractivity contribution is 0.0173. The zero-order chi connectivity index (χ0) is 28.2. The second kappa shape index (κ2) is 13.3. The predicted octanol–water partition coefficient (Wildman–Crippen LogP) is 5.33. The van der Waals surface area contributed by atoms with Crippen LogP contribution in [0.2, 0.25) is 5.02 Å². The highest BCUT2D eigenvalue weighted by Crippen LogP contribution is 2.50. The molecule has 4 aliphatic rings. The van der Waals surface area contributed by atoms with Crippen LogP contribution in [0.1, 0.15) is 77.8 Å². The second-order valence-corrected chi connectivity index (χ2v) is 13.5. The van der Waals surface area contributed by atoms with Gasteiger partial charge in [0.15, 0.2) is 0 Å². The number of aryl methyl sites for hydroxylation is 1. The lowest BCUT2D eigenvalue weighted by Crippen LogP contribution is -2.42. The number of aliphatic hydroxyl groups excluding tert-OH is 2. The number of aliphatic hydroxyl groups is 2. The normalized spacial score (nSPS) is 27.6. The molecule has 9 heteroatoms. The molecule has 2 saturated carbocycles. The summed E-state index contributed by atoms with van der Waals surface area (Å²) in [5.41, 5.74) is 0.445. The minimum absolute atomic E-state index is 0.173. The Balaban J connectivity index is 0.000000181. The average Bonchev–Trinajstić information content (AvgIpc) is 3.83. The molecule has 2 aliphatic carbocycles. The molecule has 3 heterocycles. The van der Waals surface area contributed by atoms with E-state index in [2.05, 4.69) is 14.9 Å². The zero-order valence-corrected chi connectivity index (χ0v) is 25.1. The fraction of sp³-hybridized carbons (Fsp3) is 0.833. The van der Waals surface area contributed by atoms with Gasteiger partial charge in [-0.15, -0.1) is 0 Å². The number of likely N-dealkylation sites (tertiary alicyclic amines) is 1. The number of carbonyl (C=O) groups is 1. The number of ether oxygens (including phenoxy) is 1. The molecule has 0 radical (unpaired) electrons. The first-order chi connectivity index (χ1) is 18.6. The van der Waals surface area contributed by atoms with Gasteiger partial charge in [0.1, 0.15) is 5.60 Å². The van der Waals surface area contributed by atoms with Crippen LogP contribution < -0.4 is 4.90 Å². The summed E-state index contributed by atoms with van der Waals surface area (Å²) in [6.45, 7) is 12.0. The Labute approximate surface area is 239 Å². The summed E-state index contributed by atoms with van der Waals surface area (Å²) in [6.07, 6.45) is 10.7. The molecule has 220 valence electrons. The van der Waals surface area contributed by atoms with E-state index in [4.69, 9.17) is 26.6 Å². The van der Waals surface area contributed by atoms with Crippen molar-refractivity contribution in [1.82, 2.24) is 14.9 Å². The Bertz CT molecular complexity index is 941. The van der Waals surface area contributed by atoms with Crippen LogP contribution in [0.3, 0.4) is 0 Å². The number of anilines is 1. The first kappa shape index (κ1) is 30.3. The van der Waals surface area contributed by atoms with E-state index >= 15 is 0 Å². The fourth-order valence-electron chi connectivity index (χ4n) is 6.65. The van der Waals surface area contributed by atoms with Gasteiger partial charge in [-0.2, -0.15) is 0 Å². The van der Waals surface area contributed by atoms with Crippen LogP contribution in [0.5, 0.6) is 0 Å². The first-order valence-corrected chi connectivity index (χ1v) is 15.4. The van der Waals surface area contributed by atoms with Crippen LogP contribution >= 0.6 is 11.6 Å². The van der Waals surface area contributed by atoms with E-state index < -0.39 is 5.60 Å². The van der Waals surface area contributed by atoms with E-state index in [1.54, 1.807) is 6.20 Å². The zero-order valence-electron chi connectivity index (χ0n) is 24.3. The third-order valence-corrected chi connectivity index (χ3v) is 9.46. The number of hydrogen-bond acceptors (Lipinski definition) is 7. The van der Waals surface area contributed by atoms with Gasteiger partial charge >= 0.3 is 6.09 Å². The van der Waals surface area contributed by atoms with Crippen molar-refractivity contribution in [3.8, 4) is 0 Å². The van der Waals surface area contributed by atoms with Crippen LogP contribution in [0, 0.1) is 42.4 Å². The number of amides is 1. The molecule has 4 atom stereocenters. The number of hydrogen-bond donors (Lipinski definition) is 2. The predicted molar refractivity (Wildman–Crippen MR) is 154 cm³/mol. The number of nitrogens with zero attached hydrogens (tertiary/aromatic N) is 4. The van der Waals surface area contributed by atoms with Gasteiger partial charge in [0.2, 0.25) is 5.95 Å². The molecule has 0 spiro atoms. The van der Waals surface area contributed by atoms with Gasteiger partial charge in [0.25, 0.3) is 0 Å². The molecule has 2 N–H and O–H groups in total. The van der Waals surface area contributed by atoms with Crippen LogP contribution in [0.15, 0.2) is 6.20 Å². The molecule has 1 aromatic heterocycles. The number of aromatic nitrogens is 2. The van der Waals surface area contributed by atoms with Crippen LogP contribution in [-0.4, -0.2) is 76.2 Å². The smallest absolute Gasteiger partial charge is 0.410 e. The molecule has 0 aromatic carbocycles. The van der Waals surface area contributed by atoms with Gasteiger partial charge in [-0.25, -0.2) is 14.8 Å². The molecular weight excluding hydrogens is 516 g/mol. The minimum atomic E-state index is -0.406. The minimum Gasteiger partial charge on any atom is -0.444 e. The molecule has 1 aromatic rings. The van der Waals surface area contributed by atoms with Crippen molar-refractivity contribution in [1.29, 1.82) is 0 Å². The summed E-state index contributed by atoms with van der Waals surface area (Å²) in [5, 5.41) is 18.6. The van der Waals surface area contributed by atoms with E-state index in [0.717, 1.165) is 99.0 Å². The number of rotatable bonds is 7. The maximum absolute atomic E-state index is 11.9. The van der Waals surface area contributed by atoms with Gasteiger partial charge in [-0.1, -0.05) is 11.6 Å². The topological polar surface area (TPSA) is 99.0 Å². The van der Waals surface area contributed by atoms with Crippen LogP contribution in [0.25, 0.3) is 0 Å². The SMILES string of the molecule is CC(C)(C)OC(=O)N1CCC(C2CC2CCO)CC1.Cc1nc(N2CCC(C3CC3CCO)CC2)ncc1Cl. The van der Waals surface area contributed by atoms with Crippen molar-refractivity contribution in [3.05, 3.63) is 16.9 Å². The van der Waals surface area contributed by atoms with Gasteiger partial charge in [-0.05, 0) is 115 Å². The average molecular weight is 565 g/mol. The molecule has 2 aliphatic heterocycles. The molecule has 8 nitrogen and oxygen atoms in total. The molecule has 39 heavy (non-hydrogen) atoms. The van der Waals surface area contributed by atoms with Crippen molar-refractivity contribution < 1.29 is 19.7 Å². The number of piperidine rings is 2. The van der Waals surface area contributed by atoms with Crippen molar-refractivity contribution >= 4 is 23.6 Å². The number of carbonyl (C=O) groups excluding carboxylic acids is 1. The quantitative estimate of drug-likeness (QED) is 0.462. The van der Waals surface area contributed by atoms with Gasteiger partial charge in [0, 0.05) is 39.4 Å². The Kier molecular flexibility index (Phi) is 10.4. The Morgan fingerprint density at radius 2 is 1.49 bits per heavy atom. The summed E-state index contributed by atoms with van der Waals surface area (Å²) in [5.74, 6) is 5.57. The second-order valence-electron chi connectivity index (χ2n) is 13.1. The fourth-order valence-corrected chi connectivity index (χ4v) is 6.74. The molecule has 5 rings (SSSR count). The first-order valence-electron chi connectivity index (χ1n) is 15.0. The lowest BCUT2D eigenvalue weighted by Gasteiger charge is -2.33. The van der Waals surface area contributed by atoms with Crippen LogP contribution in [0.4, 0.5) is 10.7 Å². The maximum atomic E-state index is 11.9. The Morgan fingerprint density at radius 1 is 0.974 bits per heavy atom. The van der Waals surface area contributed by atoms with E-state index in [0.29, 0.717) is 18.2 Å². The molecule has 0 bridgehead atoms. The van der Waals surface area contributed by atoms with E-state index in [9.17, 15) is 4.79 Å². The largest absolute Gasteiger partial charge is 0.444 e. The highest BCUT2D eigenvalue weighted by atomic mass is 35.5. The Hall–Kier alpha value is -1.64. The van der Waals surface area contributed by atoms with Gasteiger partial charge in [-0.3, -0.25) is 0 Å². The van der Waals surface area contributed by atoms with E-state index in [1.807, 2.05) is 32.6 Å². The van der Waals surface area contributed by atoms with Gasteiger partial charge < -0.3 is 24.7 Å². The van der Waals surface area contributed by atoms with Crippen molar-refractivity contribution in [2.75, 3.05) is 44.3 Å². The van der Waals surface area contributed by atoms with Crippen molar-refractivity contribution in [2.24, 2.45) is 35.5 Å². The Morgan fingerprint density at radius 3 is 1.95 bits per heavy atom. The summed E-state index contributed by atoms with van der Waals surface area (Å²) in [7, 11) is 0. The molecule has 4 fully saturated rings. The van der Waals surface area contributed by atoms with E-state index in [-0.39, 0.29) is 6.09 Å². The third-order valence-electron chi connectivity index (χ3n) is 9.09. The monoisotopic (exact) mass is 564 g/mol. The summed E-state index contributed by atoms with van der Waals surface area (Å²) < 4.78 is 5.40. The standard InChI is InChI=1S/C15H22ClN3O.C15H27NO3/c1-10-14(16)9-17-15(18-10)19-5-2-11(3-6-19)13-8-12(13)4-7-20;1-15(2,3)19-14(18)16-7-4-11(5-8-16)13-10-12(13)6-9-17/h9,11-13,20H,2-8H2,1H3;11-13,17H,4-10H2,1-3H3. The van der Waals surface area contributed by atoms with E-state index in [1.165, 1.54) is 25.7 Å². The molecule has 1 amide bonds. The van der Waals surface area contributed by atoms with Crippen molar-refractivity contribution in [2.45, 2.75) is 84.7 Å². The molecule has 4 unspecified atom stereocenters. The summed E-state index contributed by atoms with van der Waals surface area (Å²) in [4.78, 5) is 24.9. The van der Waals surface area contributed by atoms with Crippen LogP contribution in [-0.2, 0) is 4.74 Å². The molecular formula is C30H49ClN4O4. The van der Waals surface area contributed by atoms with Crippen molar-refractivity contribution in [3.63, 3.8) is 0 Å². The summed E-state index contributed by atoms with van der Waals surface area (Å²) in [6, 6.07) is 0. The maximum Gasteiger partial charge on any atom is 0.410 e. The highest BCUT2D eigenvalue weighted by Gasteiger charge is 2.44. The number of halogens is 1. The lowest BCUT2D eigenvalue weighted by atomic mass is 9.90. The summed E-state index contributed by atoms with van der Waals surface area (Å²) >= 11 is 5.97. The highest BCUT2D eigenvalue weighted by molar-refractivity contribution is 6.31.